The summed E-state index contributed by atoms with van der Waals surface area (Å²) in [5.41, 5.74) is 4.10. The van der Waals surface area contributed by atoms with E-state index in [1.165, 1.54) is 5.01 Å². The number of hydrogen-bond donors (Lipinski definition) is 1. The number of aryl methyl sites for hydroxylation is 1. The van der Waals surface area contributed by atoms with E-state index in [2.05, 4.69) is 26.0 Å². The van der Waals surface area contributed by atoms with Crippen LogP contribution in [0, 0.1) is 6.92 Å². The molecule has 0 aliphatic carbocycles. The van der Waals surface area contributed by atoms with Crippen molar-refractivity contribution in [3.05, 3.63) is 32.7 Å². The lowest BCUT2D eigenvalue weighted by Gasteiger charge is -1.99. The summed E-state index contributed by atoms with van der Waals surface area (Å²) >= 11 is 3.37. The quantitative estimate of drug-likeness (QED) is 0.813. The van der Waals surface area contributed by atoms with E-state index < -0.39 is 0 Å². The minimum atomic E-state index is 0.855. The molecule has 80 valence electrons. The van der Waals surface area contributed by atoms with Crippen molar-refractivity contribution in [2.75, 3.05) is 6.54 Å². The first-order valence-electron chi connectivity index (χ1n) is 4.83. The summed E-state index contributed by atoms with van der Waals surface area (Å²) in [6.45, 7) is 3.85. The molecule has 0 saturated heterocycles. The van der Waals surface area contributed by atoms with Crippen molar-refractivity contribution in [1.82, 2.24) is 15.3 Å². The van der Waals surface area contributed by atoms with E-state index in [1.807, 2.05) is 12.4 Å². The molecule has 2 aromatic heterocycles. The maximum Gasteiger partial charge on any atom is 0.0940 e. The molecular formula is C10H13N3S2. The Morgan fingerprint density at radius 2 is 2.33 bits per heavy atom. The molecule has 0 saturated carbocycles. The molecule has 0 aromatic carbocycles. The highest BCUT2D eigenvalue weighted by molar-refractivity contribution is 7.09. The van der Waals surface area contributed by atoms with Crippen LogP contribution in [0.3, 0.4) is 0 Å². The molecule has 2 rings (SSSR count). The molecule has 0 spiro atoms. The highest BCUT2D eigenvalue weighted by atomic mass is 32.1. The molecule has 1 N–H and O–H groups in total. The van der Waals surface area contributed by atoms with Crippen LogP contribution in [0.1, 0.15) is 16.4 Å². The van der Waals surface area contributed by atoms with Crippen molar-refractivity contribution in [3.63, 3.8) is 0 Å². The van der Waals surface area contributed by atoms with Crippen molar-refractivity contribution in [1.29, 1.82) is 0 Å². The zero-order valence-electron chi connectivity index (χ0n) is 8.56. The third kappa shape index (κ3) is 3.37. The third-order valence-electron chi connectivity index (χ3n) is 1.97. The van der Waals surface area contributed by atoms with Crippen LogP contribution in [0.5, 0.6) is 0 Å². The normalized spacial score (nSPS) is 10.7. The lowest BCUT2D eigenvalue weighted by molar-refractivity contribution is 0.675. The fourth-order valence-corrected chi connectivity index (χ4v) is 2.59. The summed E-state index contributed by atoms with van der Waals surface area (Å²) in [5.74, 6) is 0. The summed E-state index contributed by atoms with van der Waals surface area (Å²) in [5, 5.41) is 8.73. The van der Waals surface area contributed by atoms with E-state index in [-0.39, 0.29) is 0 Å². The summed E-state index contributed by atoms with van der Waals surface area (Å²) in [6, 6.07) is 0. The molecule has 15 heavy (non-hydrogen) atoms. The highest BCUT2D eigenvalue weighted by Gasteiger charge is 1.98. The van der Waals surface area contributed by atoms with Crippen LogP contribution in [0.2, 0.25) is 0 Å². The van der Waals surface area contributed by atoms with Crippen molar-refractivity contribution in [3.8, 4) is 0 Å². The molecule has 0 unspecified atom stereocenters. The molecule has 5 heteroatoms. The van der Waals surface area contributed by atoms with Gasteiger partial charge in [0.1, 0.15) is 0 Å². The minimum absolute atomic E-state index is 0.855. The Morgan fingerprint density at radius 1 is 1.40 bits per heavy atom. The van der Waals surface area contributed by atoms with Crippen LogP contribution in [0.4, 0.5) is 0 Å². The Kier molecular flexibility index (Phi) is 3.82. The van der Waals surface area contributed by atoms with E-state index in [0.29, 0.717) is 0 Å². The minimum Gasteiger partial charge on any atom is -0.311 e. The molecular weight excluding hydrogens is 226 g/mol. The fraction of sp³-hybridized carbons (Fsp3) is 0.400. The number of hydrogen-bond acceptors (Lipinski definition) is 5. The van der Waals surface area contributed by atoms with Gasteiger partial charge in [0, 0.05) is 36.0 Å². The zero-order valence-corrected chi connectivity index (χ0v) is 10.2. The van der Waals surface area contributed by atoms with E-state index in [0.717, 1.165) is 30.9 Å². The van der Waals surface area contributed by atoms with Gasteiger partial charge in [-0.05, 0) is 6.92 Å². The van der Waals surface area contributed by atoms with Crippen molar-refractivity contribution < 1.29 is 0 Å². The van der Waals surface area contributed by atoms with Gasteiger partial charge in [-0.3, -0.25) is 0 Å². The monoisotopic (exact) mass is 239 g/mol. The van der Waals surface area contributed by atoms with Crippen molar-refractivity contribution >= 4 is 22.7 Å². The van der Waals surface area contributed by atoms with Gasteiger partial charge in [0.05, 0.1) is 16.2 Å². The van der Waals surface area contributed by atoms with Gasteiger partial charge in [-0.1, -0.05) is 0 Å². The van der Waals surface area contributed by atoms with Gasteiger partial charge in [-0.15, -0.1) is 22.7 Å². The van der Waals surface area contributed by atoms with Crippen LogP contribution in [0.15, 0.2) is 16.3 Å². The molecule has 3 nitrogen and oxygen atoms in total. The number of aromatic nitrogens is 2. The molecule has 2 heterocycles. The Balaban J connectivity index is 1.67. The predicted octanol–water partition coefficient (Wildman–Crippen LogP) is 2.24. The second-order valence-electron chi connectivity index (χ2n) is 3.29. The average molecular weight is 239 g/mol. The SMILES string of the molecule is Cc1csc(CCNCc2cscn2)n1. The first-order valence-corrected chi connectivity index (χ1v) is 6.65. The third-order valence-corrected chi connectivity index (χ3v) is 3.63. The average Bonchev–Trinajstić information content (AvgIpc) is 2.84. The summed E-state index contributed by atoms with van der Waals surface area (Å²) in [7, 11) is 0. The van der Waals surface area contributed by atoms with Gasteiger partial charge >= 0.3 is 0 Å². The Labute approximate surface area is 97.2 Å². The van der Waals surface area contributed by atoms with Gasteiger partial charge in [0.2, 0.25) is 0 Å². The number of nitrogens with zero attached hydrogens (tertiary/aromatic N) is 2. The first-order chi connectivity index (χ1) is 7.34. The molecule has 0 aliphatic rings. The maximum absolute atomic E-state index is 4.41. The highest BCUT2D eigenvalue weighted by Crippen LogP contribution is 2.08. The van der Waals surface area contributed by atoms with Crippen LogP contribution in [-0.2, 0) is 13.0 Å². The first kappa shape index (κ1) is 10.7. The molecule has 0 aliphatic heterocycles. The van der Waals surface area contributed by atoms with Gasteiger partial charge < -0.3 is 5.32 Å². The van der Waals surface area contributed by atoms with E-state index in [4.69, 9.17) is 0 Å². The topological polar surface area (TPSA) is 37.8 Å². The summed E-state index contributed by atoms with van der Waals surface area (Å²) < 4.78 is 0. The number of thiazole rings is 2. The zero-order chi connectivity index (χ0) is 10.5. The fourth-order valence-electron chi connectivity index (χ4n) is 1.25. The molecule has 0 amide bonds. The number of rotatable bonds is 5. The van der Waals surface area contributed by atoms with Gasteiger partial charge in [0.15, 0.2) is 0 Å². The second kappa shape index (κ2) is 5.34. The predicted molar refractivity (Wildman–Crippen MR) is 64.4 cm³/mol. The molecule has 0 atom stereocenters. The van der Waals surface area contributed by atoms with Crippen LogP contribution < -0.4 is 5.32 Å². The maximum atomic E-state index is 4.41. The van der Waals surface area contributed by atoms with Crippen molar-refractivity contribution in [2.24, 2.45) is 0 Å². The molecule has 0 fully saturated rings. The molecule has 2 aromatic rings. The van der Waals surface area contributed by atoms with Crippen LogP contribution in [-0.4, -0.2) is 16.5 Å². The van der Waals surface area contributed by atoms with Crippen LogP contribution in [0.25, 0.3) is 0 Å². The smallest absolute Gasteiger partial charge is 0.0940 e. The summed E-state index contributed by atoms with van der Waals surface area (Å²) in [6.07, 6.45) is 1.00. The van der Waals surface area contributed by atoms with Gasteiger partial charge in [-0.2, -0.15) is 0 Å². The Morgan fingerprint density at radius 3 is 3.00 bits per heavy atom. The largest absolute Gasteiger partial charge is 0.311 e. The molecule has 0 bridgehead atoms. The van der Waals surface area contributed by atoms with E-state index in [1.54, 1.807) is 22.7 Å². The van der Waals surface area contributed by atoms with E-state index >= 15 is 0 Å². The van der Waals surface area contributed by atoms with Crippen molar-refractivity contribution in [2.45, 2.75) is 19.9 Å². The molecule has 0 radical (unpaired) electrons. The standard InChI is InChI=1S/C10H13N3S2/c1-8-5-15-10(13-8)2-3-11-4-9-6-14-7-12-9/h5-7,11H,2-4H2,1H3. The second-order valence-corrected chi connectivity index (χ2v) is 4.95. The Hall–Kier alpha value is -0.780. The summed E-state index contributed by atoms with van der Waals surface area (Å²) in [4.78, 5) is 8.62. The lowest BCUT2D eigenvalue weighted by Crippen LogP contribution is -2.16. The number of nitrogens with one attached hydrogen (secondary N) is 1. The van der Waals surface area contributed by atoms with Gasteiger partial charge in [0.25, 0.3) is 0 Å². The Bertz CT molecular complexity index is 394. The van der Waals surface area contributed by atoms with Crippen LogP contribution >= 0.6 is 22.7 Å². The van der Waals surface area contributed by atoms with E-state index in [9.17, 15) is 0 Å². The van der Waals surface area contributed by atoms with Gasteiger partial charge in [-0.25, -0.2) is 9.97 Å². The lowest BCUT2D eigenvalue weighted by atomic mass is 10.4.